The average Bonchev–Trinajstić information content (AvgIpc) is 2.16. The minimum atomic E-state index is -0.0850. The maximum atomic E-state index is 8.95. The van der Waals surface area contributed by atoms with Gasteiger partial charge in [0.25, 0.3) is 0 Å². The van der Waals surface area contributed by atoms with Crippen molar-refractivity contribution in [2.45, 2.75) is 25.5 Å². The van der Waals surface area contributed by atoms with Crippen LogP contribution in [0.4, 0.5) is 0 Å². The summed E-state index contributed by atoms with van der Waals surface area (Å²) in [4.78, 5) is 2.20. The second kappa shape index (κ2) is 5.29. The molecule has 1 heterocycles. The fraction of sp³-hybridized carbons (Fsp3) is 0.889. The lowest BCUT2D eigenvalue weighted by Crippen LogP contribution is -2.50. The van der Waals surface area contributed by atoms with E-state index < -0.39 is 0 Å². The fourth-order valence-electron chi connectivity index (χ4n) is 1.56. The largest absolute Gasteiger partial charge is 0.394 e. The van der Waals surface area contributed by atoms with Crippen molar-refractivity contribution in [1.82, 2.24) is 4.90 Å². The van der Waals surface area contributed by atoms with Crippen LogP contribution in [0.3, 0.4) is 0 Å². The van der Waals surface area contributed by atoms with Gasteiger partial charge in [0, 0.05) is 25.6 Å². The molecule has 5 heteroatoms. The Balaban J connectivity index is 2.36. The third-order valence-electron chi connectivity index (χ3n) is 2.51. The van der Waals surface area contributed by atoms with Crippen LogP contribution in [0, 0.1) is 5.41 Å². The lowest BCUT2D eigenvalue weighted by molar-refractivity contribution is -0.0768. The zero-order valence-corrected chi connectivity index (χ0v) is 8.57. The summed E-state index contributed by atoms with van der Waals surface area (Å²) < 4.78 is 5.40. The van der Waals surface area contributed by atoms with Gasteiger partial charge in [-0.15, -0.1) is 0 Å². The number of ether oxygens (including phenoxy) is 1. The first-order valence-corrected chi connectivity index (χ1v) is 4.93. The molecule has 0 aromatic rings. The van der Waals surface area contributed by atoms with Crippen LogP contribution in [0.15, 0.2) is 0 Å². The highest BCUT2D eigenvalue weighted by Crippen LogP contribution is 2.11. The molecule has 4 N–H and O–H groups in total. The van der Waals surface area contributed by atoms with Gasteiger partial charge >= 0.3 is 0 Å². The Kier molecular flexibility index (Phi) is 4.31. The quantitative estimate of drug-likeness (QED) is 0.419. The van der Waals surface area contributed by atoms with Gasteiger partial charge in [0.2, 0.25) is 0 Å². The molecule has 14 heavy (non-hydrogen) atoms. The van der Waals surface area contributed by atoms with Crippen LogP contribution in [0.25, 0.3) is 0 Å². The van der Waals surface area contributed by atoms with E-state index in [2.05, 4.69) is 11.8 Å². The van der Waals surface area contributed by atoms with Crippen LogP contribution < -0.4 is 5.73 Å². The Morgan fingerprint density at radius 2 is 2.43 bits per heavy atom. The first-order chi connectivity index (χ1) is 6.63. The number of morpholine rings is 1. The lowest BCUT2D eigenvalue weighted by Gasteiger charge is -2.37. The first-order valence-electron chi connectivity index (χ1n) is 4.93. The van der Waals surface area contributed by atoms with Gasteiger partial charge < -0.3 is 15.6 Å². The van der Waals surface area contributed by atoms with E-state index in [1.165, 1.54) is 0 Å². The smallest absolute Gasteiger partial charge is 0.0933 e. The van der Waals surface area contributed by atoms with Crippen LogP contribution in [-0.2, 0) is 4.74 Å². The van der Waals surface area contributed by atoms with Crippen LogP contribution in [-0.4, -0.2) is 54.3 Å². The van der Waals surface area contributed by atoms with Crippen molar-refractivity contribution in [3.63, 3.8) is 0 Å². The van der Waals surface area contributed by atoms with Gasteiger partial charge in [-0.1, -0.05) is 0 Å². The molecule has 1 rings (SSSR count). The maximum absolute atomic E-state index is 8.95. The molecular weight excluding hydrogens is 182 g/mol. The van der Waals surface area contributed by atoms with E-state index in [1.54, 1.807) is 0 Å². The molecule has 2 unspecified atom stereocenters. The normalized spacial score (nSPS) is 29.0. The van der Waals surface area contributed by atoms with E-state index in [-0.39, 0.29) is 18.5 Å². The monoisotopic (exact) mass is 201 g/mol. The molecular formula is C9H19N3O2. The Morgan fingerprint density at radius 3 is 3.00 bits per heavy atom. The van der Waals surface area contributed by atoms with E-state index in [9.17, 15) is 0 Å². The van der Waals surface area contributed by atoms with Crippen molar-refractivity contribution < 1.29 is 9.84 Å². The van der Waals surface area contributed by atoms with E-state index in [0.29, 0.717) is 19.1 Å². The predicted octanol–water partition coefficient (Wildman–Crippen LogP) is -0.606. The Bertz CT molecular complexity index is 198. The highest BCUT2D eigenvalue weighted by atomic mass is 16.5. The van der Waals surface area contributed by atoms with Crippen molar-refractivity contribution in [2.24, 2.45) is 5.73 Å². The average molecular weight is 201 g/mol. The molecule has 1 saturated heterocycles. The topological polar surface area (TPSA) is 82.6 Å². The summed E-state index contributed by atoms with van der Waals surface area (Å²) in [6.07, 6.45) is 0.501. The SMILES string of the molecule is CC1COC(CO)CN1CCC(=N)N. The Hall–Kier alpha value is -0.650. The number of nitrogens with zero attached hydrogens (tertiary/aromatic N) is 1. The van der Waals surface area contributed by atoms with E-state index in [4.69, 9.17) is 21.0 Å². The Labute approximate surface area is 84.3 Å². The van der Waals surface area contributed by atoms with Gasteiger partial charge in [-0.05, 0) is 6.92 Å². The zero-order valence-electron chi connectivity index (χ0n) is 8.57. The van der Waals surface area contributed by atoms with E-state index >= 15 is 0 Å². The molecule has 0 amide bonds. The minimum absolute atomic E-state index is 0.0588. The Morgan fingerprint density at radius 1 is 1.71 bits per heavy atom. The summed E-state index contributed by atoms with van der Waals surface area (Å²) >= 11 is 0. The number of amidine groups is 1. The zero-order chi connectivity index (χ0) is 10.6. The molecule has 1 aliphatic heterocycles. The number of aliphatic hydroxyl groups is 1. The summed E-state index contributed by atoms with van der Waals surface area (Å²) in [6, 6.07) is 0.345. The summed E-state index contributed by atoms with van der Waals surface area (Å²) in [7, 11) is 0. The highest BCUT2D eigenvalue weighted by Gasteiger charge is 2.24. The molecule has 0 aromatic heterocycles. The number of nitrogens with two attached hydrogens (primary N) is 1. The second-order valence-electron chi connectivity index (χ2n) is 3.76. The van der Waals surface area contributed by atoms with Crippen molar-refractivity contribution in [1.29, 1.82) is 5.41 Å². The summed E-state index contributed by atoms with van der Waals surface area (Å²) in [5, 5.41) is 16.1. The van der Waals surface area contributed by atoms with Gasteiger partial charge in [0.1, 0.15) is 0 Å². The summed E-state index contributed by atoms with van der Waals surface area (Å²) in [5.74, 6) is 0.212. The van der Waals surface area contributed by atoms with Crippen molar-refractivity contribution in [3.05, 3.63) is 0 Å². The van der Waals surface area contributed by atoms with Gasteiger partial charge in [0.15, 0.2) is 0 Å². The van der Waals surface area contributed by atoms with Crippen LogP contribution in [0.5, 0.6) is 0 Å². The van der Waals surface area contributed by atoms with Gasteiger partial charge in [-0.2, -0.15) is 0 Å². The number of nitrogens with one attached hydrogen (secondary N) is 1. The third-order valence-corrected chi connectivity index (χ3v) is 2.51. The molecule has 0 radical (unpaired) electrons. The molecule has 0 saturated carbocycles. The van der Waals surface area contributed by atoms with Crippen molar-refractivity contribution in [3.8, 4) is 0 Å². The molecule has 2 atom stereocenters. The van der Waals surface area contributed by atoms with Gasteiger partial charge in [-0.25, -0.2) is 0 Å². The minimum Gasteiger partial charge on any atom is -0.394 e. The van der Waals surface area contributed by atoms with Crippen LogP contribution in [0.2, 0.25) is 0 Å². The standard InChI is InChI=1S/C9H19N3O2/c1-7-6-14-8(5-13)4-12(7)3-2-9(10)11/h7-8,13H,2-6H2,1H3,(H3,10,11). The number of rotatable bonds is 4. The molecule has 1 fully saturated rings. The first kappa shape index (κ1) is 11.4. The maximum Gasteiger partial charge on any atom is 0.0933 e. The summed E-state index contributed by atoms with van der Waals surface area (Å²) in [6.45, 7) is 4.28. The van der Waals surface area contributed by atoms with Crippen molar-refractivity contribution >= 4 is 5.84 Å². The predicted molar refractivity (Wildman–Crippen MR) is 54.4 cm³/mol. The van der Waals surface area contributed by atoms with E-state index in [1.807, 2.05) is 0 Å². The number of aliphatic hydroxyl groups excluding tert-OH is 1. The fourth-order valence-corrected chi connectivity index (χ4v) is 1.56. The molecule has 0 spiro atoms. The van der Waals surface area contributed by atoms with Crippen LogP contribution >= 0.6 is 0 Å². The molecule has 1 aliphatic rings. The van der Waals surface area contributed by atoms with E-state index in [0.717, 1.165) is 13.1 Å². The summed E-state index contributed by atoms with van der Waals surface area (Å²) in [5.41, 5.74) is 5.30. The number of hydrogen-bond acceptors (Lipinski definition) is 4. The molecule has 82 valence electrons. The van der Waals surface area contributed by atoms with Gasteiger partial charge in [0.05, 0.1) is 25.2 Å². The molecule has 0 bridgehead atoms. The molecule has 0 aromatic carbocycles. The van der Waals surface area contributed by atoms with Gasteiger partial charge in [-0.3, -0.25) is 10.3 Å². The molecule has 5 nitrogen and oxygen atoms in total. The number of hydrogen-bond donors (Lipinski definition) is 3. The third kappa shape index (κ3) is 3.25. The highest BCUT2D eigenvalue weighted by molar-refractivity contribution is 5.76. The molecule has 0 aliphatic carbocycles. The lowest BCUT2D eigenvalue weighted by atomic mass is 10.2. The second-order valence-corrected chi connectivity index (χ2v) is 3.76. The van der Waals surface area contributed by atoms with Crippen molar-refractivity contribution in [2.75, 3.05) is 26.3 Å². The van der Waals surface area contributed by atoms with Crippen LogP contribution in [0.1, 0.15) is 13.3 Å².